The SMILES string of the molecule is C=C(C)c1cc(C(=O)O)cn1C(=O)O. The van der Waals surface area contributed by atoms with E-state index in [4.69, 9.17) is 10.2 Å². The number of carboxylic acids is 1. The molecular weight excluding hydrogens is 186 g/mol. The third-order valence-electron chi connectivity index (χ3n) is 1.71. The van der Waals surface area contributed by atoms with E-state index in [0.29, 0.717) is 5.57 Å². The molecule has 0 bridgehead atoms. The summed E-state index contributed by atoms with van der Waals surface area (Å²) < 4.78 is 0.839. The third-order valence-corrected chi connectivity index (χ3v) is 1.71. The van der Waals surface area contributed by atoms with Crippen LogP contribution in [-0.2, 0) is 0 Å². The second kappa shape index (κ2) is 3.37. The smallest absolute Gasteiger partial charge is 0.416 e. The van der Waals surface area contributed by atoms with Crippen LogP contribution in [0, 0.1) is 0 Å². The van der Waals surface area contributed by atoms with Gasteiger partial charge in [0, 0.05) is 6.20 Å². The Bertz CT molecular complexity index is 385. The van der Waals surface area contributed by atoms with Crippen LogP contribution < -0.4 is 0 Å². The van der Waals surface area contributed by atoms with E-state index in [1.165, 1.54) is 6.07 Å². The molecule has 0 radical (unpaired) electrons. The minimum Gasteiger partial charge on any atom is -0.478 e. The first-order chi connectivity index (χ1) is 6.43. The Morgan fingerprint density at radius 3 is 2.29 bits per heavy atom. The Balaban J connectivity index is 3.33. The number of allylic oxidation sites excluding steroid dienone is 1. The summed E-state index contributed by atoms with van der Waals surface area (Å²) in [5.74, 6) is -1.16. The van der Waals surface area contributed by atoms with Gasteiger partial charge < -0.3 is 10.2 Å². The van der Waals surface area contributed by atoms with Crippen LogP contribution in [0.5, 0.6) is 0 Å². The maximum absolute atomic E-state index is 10.7. The number of hydrogen-bond acceptors (Lipinski definition) is 2. The lowest BCUT2D eigenvalue weighted by atomic mass is 10.2. The molecule has 2 N–H and O–H groups in total. The van der Waals surface area contributed by atoms with Gasteiger partial charge in [0.1, 0.15) is 0 Å². The van der Waals surface area contributed by atoms with Crippen molar-refractivity contribution in [2.45, 2.75) is 6.92 Å². The molecule has 0 aromatic carbocycles. The highest BCUT2D eigenvalue weighted by molar-refractivity contribution is 5.90. The molecule has 0 saturated carbocycles. The van der Waals surface area contributed by atoms with Gasteiger partial charge in [-0.2, -0.15) is 0 Å². The lowest BCUT2D eigenvalue weighted by Gasteiger charge is -2.00. The molecule has 0 aliphatic heterocycles. The third kappa shape index (κ3) is 1.66. The monoisotopic (exact) mass is 195 g/mol. The van der Waals surface area contributed by atoms with E-state index in [0.717, 1.165) is 10.8 Å². The van der Waals surface area contributed by atoms with Gasteiger partial charge in [-0.15, -0.1) is 0 Å². The number of nitrogens with zero attached hydrogens (tertiary/aromatic N) is 1. The van der Waals surface area contributed by atoms with Gasteiger partial charge in [-0.25, -0.2) is 9.59 Å². The molecule has 0 spiro atoms. The van der Waals surface area contributed by atoms with E-state index < -0.39 is 12.1 Å². The zero-order valence-corrected chi connectivity index (χ0v) is 7.52. The van der Waals surface area contributed by atoms with Crippen LogP contribution in [0.15, 0.2) is 18.8 Å². The highest BCUT2D eigenvalue weighted by Crippen LogP contribution is 2.16. The van der Waals surface area contributed by atoms with E-state index in [1.807, 2.05) is 0 Å². The fraction of sp³-hybridized carbons (Fsp3) is 0.111. The Morgan fingerprint density at radius 1 is 1.43 bits per heavy atom. The Hall–Kier alpha value is -2.04. The van der Waals surface area contributed by atoms with Crippen LogP contribution in [-0.4, -0.2) is 26.8 Å². The van der Waals surface area contributed by atoms with Gasteiger partial charge in [0.2, 0.25) is 0 Å². The second-order valence-corrected chi connectivity index (χ2v) is 2.85. The van der Waals surface area contributed by atoms with Gasteiger partial charge in [-0.05, 0) is 18.6 Å². The highest BCUT2D eigenvalue weighted by Gasteiger charge is 2.14. The molecule has 0 amide bonds. The predicted molar refractivity (Wildman–Crippen MR) is 49.5 cm³/mol. The van der Waals surface area contributed by atoms with Crippen molar-refractivity contribution in [3.8, 4) is 0 Å². The summed E-state index contributed by atoms with van der Waals surface area (Å²) in [6.07, 6.45) is -0.176. The lowest BCUT2D eigenvalue weighted by Crippen LogP contribution is -2.09. The van der Waals surface area contributed by atoms with Crippen molar-refractivity contribution < 1.29 is 19.8 Å². The summed E-state index contributed by atoms with van der Waals surface area (Å²) in [5.41, 5.74) is 0.722. The molecule has 1 heterocycles. The molecular formula is C9H9NO4. The predicted octanol–water partition coefficient (Wildman–Crippen LogP) is 1.75. The number of carbonyl (C=O) groups is 2. The van der Waals surface area contributed by atoms with E-state index in [-0.39, 0.29) is 11.3 Å². The molecule has 1 aromatic heterocycles. The Labute approximate surface area is 79.9 Å². The van der Waals surface area contributed by atoms with Gasteiger partial charge in [-0.1, -0.05) is 6.58 Å². The molecule has 1 rings (SSSR count). The molecule has 1 aromatic rings. The molecule has 5 nitrogen and oxygen atoms in total. The van der Waals surface area contributed by atoms with Gasteiger partial charge in [0.15, 0.2) is 0 Å². The van der Waals surface area contributed by atoms with Gasteiger partial charge in [0.05, 0.1) is 11.3 Å². The number of hydrogen-bond donors (Lipinski definition) is 2. The van der Waals surface area contributed by atoms with Gasteiger partial charge in [0.25, 0.3) is 0 Å². The van der Waals surface area contributed by atoms with Crippen molar-refractivity contribution in [1.82, 2.24) is 4.57 Å². The Morgan fingerprint density at radius 2 is 2.00 bits per heavy atom. The quantitative estimate of drug-likeness (QED) is 0.753. The van der Waals surface area contributed by atoms with Crippen molar-refractivity contribution in [3.63, 3.8) is 0 Å². The highest BCUT2D eigenvalue weighted by atomic mass is 16.4. The van der Waals surface area contributed by atoms with Crippen LogP contribution in [0.3, 0.4) is 0 Å². The molecule has 14 heavy (non-hydrogen) atoms. The largest absolute Gasteiger partial charge is 0.478 e. The van der Waals surface area contributed by atoms with Crippen molar-refractivity contribution in [2.24, 2.45) is 0 Å². The molecule has 0 aliphatic carbocycles. The van der Waals surface area contributed by atoms with Crippen LogP contribution in [0.2, 0.25) is 0 Å². The summed E-state index contributed by atoms with van der Waals surface area (Å²) in [4.78, 5) is 21.3. The molecule has 0 atom stereocenters. The van der Waals surface area contributed by atoms with E-state index in [9.17, 15) is 9.59 Å². The van der Waals surface area contributed by atoms with Crippen LogP contribution in [0.25, 0.3) is 5.57 Å². The minimum absolute atomic E-state index is 0.0644. The zero-order chi connectivity index (χ0) is 10.9. The average molecular weight is 195 g/mol. The van der Waals surface area contributed by atoms with Crippen LogP contribution >= 0.6 is 0 Å². The maximum Gasteiger partial charge on any atom is 0.416 e. The second-order valence-electron chi connectivity index (χ2n) is 2.85. The first kappa shape index (κ1) is 10.0. The molecule has 5 heteroatoms. The van der Waals surface area contributed by atoms with Crippen molar-refractivity contribution in [3.05, 3.63) is 30.1 Å². The van der Waals surface area contributed by atoms with Crippen molar-refractivity contribution >= 4 is 17.6 Å². The van der Waals surface area contributed by atoms with Crippen molar-refractivity contribution in [1.29, 1.82) is 0 Å². The summed E-state index contributed by atoms with van der Waals surface area (Å²) in [6, 6.07) is 1.28. The topological polar surface area (TPSA) is 79.5 Å². The number of rotatable bonds is 2. The fourth-order valence-corrected chi connectivity index (χ4v) is 1.07. The Kier molecular flexibility index (Phi) is 2.42. The molecule has 0 fully saturated rings. The summed E-state index contributed by atoms with van der Waals surface area (Å²) in [7, 11) is 0. The summed E-state index contributed by atoms with van der Waals surface area (Å²) in [6.45, 7) is 5.18. The van der Waals surface area contributed by atoms with Gasteiger partial charge in [-0.3, -0.25) is 4.57 Å². The molecule has 0 unspecified atom stereocenters. The standard InChI is InChI=1S/C9H9NO4/c1-5(2)7-3-6(8(11)12)4-10(7)9(13)14/h3-4H,1H2,2H3,(H,11,12)(H,13,14). The average Bonchev–Trinajstić information content (AvgIpc) is 2.47. The molecule has 0 aliphatic rings. The van der Waals surface area contributed by atoms with Crippen LogP contribution in [0.1, 0.15) is 23.0 Å². The van der Waals surface area contributed by atoms with Crippen LogP contribution in [0.4, 0.5) is 4.79 Å². The number of aromatic carboxylic acids is 1. The fourth-order valence-electron chi connectivity index (χ4n) is 1.07. The first-order valence-corrected chi connectivity index (χ1v) is 3.78. The number of aromatic nitrogens is 1. The zero-order valence-electron chi connectivity index (χ0n) is 7.52. The maximum atomic E-state index is 10.7. The molecule has 74 valence electrons. The van der Waals surface area contributed by atoms with Crippen molar-refractivity contribution in [2.75, 3.05) is 0 Å². The van der Waals surface area contributed by atoms with E-state index in [2.05, 4.69) is 6.58 Å². The van der Waals surface area contributed by atoms with E-state index >= 15 is 0 Å². The summed E-state index contributed by atoms with van der Waals surface area (Å²) in [5, 5.41) is 17.4. The first-order valence-electron chi connectivity index (χ1n) is 3.78. The summed E-state index contributed by atoms with van der Waals surface area (Å²) >= 11 is 0. The van der Waals surface area contributed by atoms with E-state index in [1.54, 1.807) is 6.92 Å². The lowest BCUT2D eigenvalue weighted by molar-refractivity contribution is 0.0697. The number of carboxylic acid groups (broad SMARTS) is 2. The minimum atomic E-state index is -1.23. The molecule has 0 saturated heterocycles. The van der Waals surface area contributed by atoms with Gasteiger partial charge >= 0.3 is 12.1 Å². The normalized spacial score (nSPS) is 9.79.